The van der Waals surface area contributed by atoms with Gasteiger partial charge in [0.05, 0.1) is 6.04 Å². The highest BCUT2D eigenvalue weighted by Crippen LogP contribution is 2.37. The largest absolute Gasteiger partial charge is 0.480 e. The Morgan fingerprint density at radius 3 is 1.85 bits per heavy atom. The minimum atomic E-state index is -1.59. The van der Waals surface area contributed by atoms with Crippen molar-refractivity contribution in [3.63, 3.8) is 0 Å². The number of likely N-dealkylation sites (N-methyl/N-ethyl adjacent to an activating group) is 2. The maximum Gasteiger partial charge on any atom is 0.410 e. The van der Waals surface area contributed by atoms with Crippen LogP contribution in [0.1, 0.15) is 107 Å². The van der Waals surface area contributed by atoms with Crippen molar-refractivity contribution < 1.29 is 62.9 Å². The zero-order valence-electron chi connectivity index (χ0n) is 44.0. The van der Waals surface area contributed by atoms with E-state index >= 15 is 0 Å². The molecule has 21 heteroatoms. The summed E-state index contributed by atoms with van der Waals surface area (Å²) >= 11 is 0. The van der Waals surface area contributed by atoms with Gasteiger partial charge in [0.15, 0.2) is 0 Å². The number of carbonyl (C=O) groups excluding carboxylic acids is 8. The van der Waals surface area contributed by atoms with Crippen LogP contribution in [-0.2, 0) is 60.4 Å². The molecule has 0 saturated carbocycles. The third-order valence-electron chi connectivity index (χ3n) is 12.4. The first kappa shape index (κ1) is 59.2. The number of benzene rings is 1. The Kier molecular flexibility index (Phi) is 20.1. The normalized spacial score (nSPS) is 15.3. The third-order valence-corrected chi connectivity index (χ3v) is 12.4. The van der Waals surface area contributed by atoms with Crippen molar-refractivity contribution in [1.29, 1.82) is 0 Å². The maximum atomic E-state index is 14.9. The topological polar surface area (TPSA) is 283 Å². The van der Waals surface area contributed by atoms with Crippen LogP contribution in [0.15, 0.2) is 54.3 Å². The molecule has 1 aromatic carbocycles. The minimum Gasteiger partial charge on any atom is -0.480 e. The Labute approximate surface area is 421 Å². The highest BCUT2D eigenvalue weighted by molar-refractivity contribution is 6.13. The van der Waals surface area contributed by atoms with Crippen molar-refractivity contribution in [2.24, 2.45) is 18.4 Å². The summed E-state index contributed by atoms with van der Waals surface area (Å²) in [6.07, 6.45) is 3.26. The van der Waals surface area contributed by atoms with Gasteiger partial charge in [-0.05, 0) is 63.5 Å². The second-order valence-corrected chi connectivity index (χ2v) is 21.1. The number of nitrogens with zero attached hydrogens (tertiary/aromatic N) is 4. The highest BCUT2D eigenvalue weighted by Gasteiger charge is 2.47. The fourth-order valence-electron chi connectivity index (χ4n) is 8.38. The Hall–Kier alpha value is -7.06. The molecule has 0 aliphatic carbocycles. The predicted molar refractivity (Wildman–Crippen MR) is 267 cm³/mol. The molecule has 1 aromatic heterocycles. The molecule has 1 aliphatic rings. The number of hydrogen-bond donors (Lipinski definition) is 6. The number of fused-ring (bicyclic) bond motifs is 1. The molecule has 396 valence electrons. The lowest BCUT2D eigenvalue weighted by atomic mass is 9.76. The molecule has 0 unspecified atom stereocenters. The van der Waals surface area contributed by atoms with Crippen LogP contribution in [0.25, 0.3) is 10.9 Å². The number of carbonyl (C=O) groups is 10. The van der Waals surface area contributed by atoms with E-state index in [-0.39, 0.29) is 37.4 Å². The molecule has 0 saturated heterocycles. The highest BCUT2D eigenvalue weighted by atomic mass is 16.6. The monoisotopic (exact) mass is 1010 g/mol. The Balaban J connectivity index is 1.77. The molecule has 8 amide bonds. The maximum absolute atomic E-state index is 14.9. The van der Waals surface area contributed by atoms with Crippen LogP contribution in [0.3, 0.4) is 0 Å². The summed E-state index contributed by atoms with van der Waals surface area (Å²) in [5, 5.41) is 30.7. The summed E-state index contributed by atoms with van der Waals surface area (Å²) < 4.78 is 7.68. The van der Waals surface area contributed by atoms with Crippen molar-refractivity contribution >= 4 is 70.3 Å². The van der Waals surface area contributed by atoms with Crippen molar-refractivity contribution in [3.05, 3.63) is 59.8 Å². The molecule has 21 nitrogen and oxygen atoms in total. The third kappa shape index (κ3) is 15.7. The van der Waals surface area contributed by atoms with Crippen LogP contribution < -0.4 is 21.3 Å². The molecule has 2 aromatic rings. The second kappa shape index (κ2) is 24.4. The van der Waals surface area contributed by atoms with E-state index in [9.17, 15) is 58.2 Å². The number of amides is 8. The van der Waals surface area contributed by atoms with Gasteiger partial charge in [-0.3, -0.25) is 43.4 Å². The molecular formula is C51H74N8O13. The van der Waals surface area contributed by atoms with Gasteiger partial charge >= 0.3 is 18.0 Å². The average Bonchev–Trinajstić information content (AvgIpc) is 3.79. The molecule has 2 heterocycles. The zero-order valence-corrected chi connectivity index (χ0v) is 44.0. The Morgan fingerprint density at radius 2 is 1.32 bits per heavy atom. The van der Waals surface area contributed by atoms with Crippen LogP contribution in [0.5, 0.6) is 0 Å². The molecule has 6 N–H and O–H groups in total. The van der Waals surface area contributed by atoms with Crippen LogP contribution in [0.4, 0.5) is 4.79 Å². The zero-order chi connectivity index (χ0) is 54.8. The number of ether oxygens (including phenoxy) is 1. The van der Waals surface area contributed by atoms with E-state index in [0.717, 1.165) is 33.5 Å². The minimum absolute atomic E-state index is 0.0378. The van der Waals surface area contributed by atoms with Crippen molar-refractivity contribution in [2.75, 3.05) is 27.2 Å². The van der Waals surface area contributed by atoms with E-state index in [4.69, 9.17) is 4.74 Å². The number of aryl methyl sites for hydroxylation is 1. The van der Waals surface area contributed by atoms with Crippen LogP contribution in [0.2, 0.25) is 0 Å². The summed E-state index contributed by atoms with van der Waals surface area (Å²) in [5.41, 5.74) is -1.10. The van der Waals surface area contributed by atoms with Crippen molar-refractivity contribution in [2.45, 2.75) is 143 Å². The first-order valence-electron chi connectivity index (χ1n) is 23.8. The molecule has 1 aliphatic heterocycles. The molecule has 3 rings (SSSR count). The van der Waals surface area contributed by atoms with Crippen LogP contribution in [0, 0.1) is 11.3 Å². The summed E-state index contributed by atoms with van der Waals surface area (Å²) in [6, 6.07) is 1.46. The number of carboxylic acid groups (broad SMARTS) is 2. The summed E-state index contributed by atoms with van der Waals surface area (Å²) in [4.78, 5) is 133. The van der Waals surface area contributed by atoms with Crippen LogP contribution >= 0.6 is 0 Å². The van der Waals surface area contributed by atoms with Crippen LogP contribution in [-0.4, -0.2) is 152 Å². The fraction of sp³-hybridized carbons (Fsp3) is 0.569. The van der Waals surface area contributed by atoms with E-state index < -0.39 is 119 Å². The van der Waals surface area contributed by atoms with Crippen molar-refractivity contribution in [1.82, 2.24) is 40.5 Å². The van der Waals surface area contributed by atoms with Gasteiger partial charge in [-0.2, -0.15) is 0 Å². The molecule has 0 bridgehead atoms. The standard InChI is InChI=1S/C51H74N8O13/c1-29(2)36(27-30(3)43(64)54-34(47(69)70)20-22-38(61)53-33(46(67)68)19-21-37(60)52-25-26-59-39(62)23-24-40(59)63)57(13)45(66)41(49(4,5)6)55-44(65)42(58(14)48(71)72-50(7,8)9)51(10,11)32-28-56(12)35-18-16-15-17-31(32)35/h15-18,23-24,27-29,33-34,36,41-42H,19-22,25-26H2,1-14H3,(H,52,60)(H,53,61)(H,54,64)(H,55,65)(H,67,68)(H,69,70)/b30-27+/t33-,34-,36-,41-,42-/m1/s1. The van der Waals surface area contributed by atoms with Gasteiger partial charge in [-0.25, -0.2) is 14.4 Å². The molecule has 0 fully saturated rings. The van der Waals surface area contributed by atoms with E-state index in [0.29, 0.717) is 0 Å². The van der Waals surface area contributed by atoms with Gasteiger partial charge in [0.2, 0.25) is 29.5 Å². The Bertz CT molecular complexity index is 2440. The summed E-state index contributed by atoms with van der Waals surface area (Å²) in [6.45, 7) is 19.1. The smallest absolute Gasteiger partial charge is 0.410 e. The second-order valence-electron chi connectivity index (χ2n) is 21.1. The molecule has 0 spiro atoms. The fourth-order valence-corrected chi connectivity index (χ4v) is 8.38. The number of hydrogen-bond acceptors (Lipinski definition) is 11. The van der Waals surface area contributed by atoms with Crippen molar-refractivity contribution in [3.8, 4) is 0 Å². The van der Waals surface area contributed by atoms with E-state index in [1.165, 1.54) is 36.9 Å². The predicted octanol–water partition coefficient (Wildman–Crippen LogP) is 3.39. The lowest BCUT2D eigenvalue weighted by molar-refractivity contribution is -0.143. The molecule has 5 atom stereocenters. The summed E-state index contributed by atoms with van der Waals surface area (Å²) in [5.74, 6) is -7.69. The van der Waals surface area contributed by atoms with Gasteiger partial charge in [0.25, 0.3) is 11.8 Å². The quantitative estimate of drug-likeness (QED) is 0.0689. The number of carboxylic acids is 2. The number of nitrogens with one attached hydrogen (secondary N) is 4. The lowest BCUT2D eigenvalue weighted by Gasteiger charge is -2.42. The number of aromatic nitrogens is 1. The van der Waals surface area contributed by atoms with E-state index in [1.54, 1.807) is 41.5 Å². The summed E-state index contributed by atoms with van der Waals surface area (Å²) in [7, 11) is 4.90. The van der Waals surface area contributed by atoms with Gasteiger partial charge in [0, 0.05) is 87.3 Å². The number of aliphatic carboxylic acids is 2. The number of rotatable bonds is 23. The van der Waals surface area contributed by atoms with Gasteiger partial charge in [-0.15, -0.1) is 0 Å². The van der Waals surface area contributed by atoms with E-state index in [1.807, 2.05) is 69.8 Å². The first-order valence-corrected chi connectivity index (χ1v) is 23.8. The van der Waals surface area contributed by atoms with Gasteiger partial charge < -0.3 is 45.7 Å². The molecule has 72 heavy (non-hydrogen) atoms. The molecular weight excluding hydrogens is 933 g/mol. The number of imide groups is 1. The lowest BCUT2D eigenvalue weighted by Crippen LogP contribution is -2.63. The Morgan fingerprint density at radius 1 is 0.778 bits per heavy atom. The van der Waals surface area contributed by atoms with E-state index in [2.05, 4.69) is 21.3 Å². The van der Waals surface area contributed by atoms with Gasteiger partial charge in [0.1, 0.15) is 29.8 Å². The number of para-hydroxylation sites is 1. The SMILES string of the molecule is C/C(=C\[C@H](C(C)C)N(C)C(=O)[C@@H](NC(=O)[C@@H](N(C)C(=O)OC(C)(C)C)C(C)(C)c1cn(C)c2ccccc12)C(C)(C)C)C(=O)N[C@H](CCC(=O)N[C@H](CCC(=O)NCCN1C(=O)C=CC1=O)C(=O)O)C(=O)O. The molecule has 0 radical (unpaired) electrons. The average molecular weight is 1010 g/mol. The first-order chi connectivity index (χ1) is 33.2. The van der Waals surface area contributed by atoms with Gasteiger partial charge in [-0.1, -0.05) is 72.7 Å².